The quantitative estimate of drug-likeness (QED) is 0.775. The molecule has 1 aromatic carbocycles. The summed E-state index contributed by atoms with van der Waals surface area (Å²) in [7, 11) is 0. The second-order valence-corrected chi connectivity index (χ2v) is 6.53. The highest BCUT2D eigenvalue weighted by molar-refractivity contribution is 5.22. The van der Waals surface area contributed by atoms with Gasteiger partial charge in [-0.25, -0.2) is 0 Å². The average molecular weight is 274 g/mol. The van der Waals surface area contributed by atoms with Crippen LogP contribution in [0.1, 0.15) is 51.7 Å². The summed E-state index contributed by atoms with van der Waals surface area (Å²) in [6.07, 6.45) is 2.76. The van der Waals surface area contributed by atoms with Gasteiger partial charge in [-0.2, -0.15) is 0 Å². The van der Waals surface area contributed by atoms with Gasteiger partial charge in [-0.05, 0) is 49.4 Å². The van der Waals surface area contributed by atoms with Crippen LogP contribution in [0.5, 0.6) is 0 Å². The molecule has 1 fully saturated rings. The molecule has 2 rings (SSSR count). The lowest BCUT2D eigenvalue weighted by Gasteiger charge is -2.21. The van der Waals surface area contributed by atoms with Crippen LogP contribution in [0.15, 0.2) is 24.3 Å². The van der Waals surface area contributed by atoms with Crippen molar-refractivity contribution in [2.75, 3.05) is 13.1 Å². The van der Waals surface area contributed by atoms with E-state index < -0.39 is 0 Å². The van der Waals surface area contributed by atoms with Crippen LogP contribution in [0.4, 0.5) is 0 Å². The maximum Gasteiger partial charge on any atom is 0.0233 e. The van der Waals surface area contributed by atoms with Gasteiger partial charge in [-0.1, -0.05) is 45.0 Å². The van der Waals surface area contributed by atoms with Crippen LogP contribution in [0, 0.1) is 5.41 Å². The predicted octanol–water partition coefficient (Wildman–Crippen LogP) is 3.81. The van der Waals surface area contributed by atoms with Gasteiger partial charge in [0.15, 0.2) is 0 Å². The lowest BCUT2D eigenvalue weighted by molar-refractivity contribution is 0.296. The molecule has 1 aliphatic rings. The molecule has 2 nitrogen and oxygen atoms in total. The molecular weight excluding hydrogens is 244 g/mol. The van der Waals surface area contributed by atoms with E-state index in [1.807, 2.05) is 0 Å². The molecule has 1 N–H and O–H groups in total. The van der Waals surface area contributed by atoms with E-state index in [1.54, 1.807) is 0 Å². The van der Waals surface area contributed by atoms with E-state index in [-0.39, 0.29) is 0 Å². The van der Waals surface area contributed by atoms with Gasteiger partial charge in [-0.15, -0.1) is 0 Å². The van der Waals surface area contributed by atoms with Crippen LogP contribution in [0.2, 0.25) is 0 Å². The molecular formula is C18H30N2. The molecule has 0 aromatic heterocycles. The number of nitrogens with zero attached hydrogens (tertiary/aromatic N) is 1. The normalized spacial score (nSPS) is 18.2. The Bertz CT molecular complexity index is 402. The lowest BCUT2D eigenvalue weighted by Crippen LogP contribution is -2.32. The molecule has 0 heterocycles. The molecule has 0 radical (unpaired) electrons. The monoisotopic (exact) mass is 274 g/mol. The summed E-state index contributed by atoms with van der Waals surface area (Å²) in [6.45, 7) is 13.5. The third-order valence-corrected chi connectivity index (χ3v) is 5.02. The molecule has 0 saturated heterocycles. The van der Waals surface area contributed by atoms with E-state index in [4.69, 9.17) is 0 Å². The first-order valence-corrected chi connectivity index (χ1v) is 8.11. The van der Waals surface area contributed by atoms with Crippen LogP contribution >= 0.6 is 0 Å². The van der Waals surface area contributed by atoms with Gasteiger partial charge in [-0.3, -0.25) is 4.90 Å². The highest BCUT2D eigenvalue weighted by atomic mass is 15.1. The summed E-state index contributed by atoms with van der Waals surface area (Å²) < 4.78 is 0. The van der Waals surface area contributed by atoms with Crippen molar-refractivity contribution in [2.24, 2.45) is 5.41 Å². The van der Waals surface area contributed by atoms with Crippen molar-refractivity contribution in [2.45, 2.75) is 59.7 Å². The molecule has 1 aliphatic carbocycles. The summed E-state index contributed by atoms with van der Waals surface area (Å²) in [6, 6.07) is 9.72. The zero-order valence-electron chi connectivity index (χ0n) is 13.6. The Morgan fingerprint density at radius 1 is 1.10 bits per heavy atom. The Morgan fingerprint density at radius 3 is 2.15 bits per heavy atom. The van der Waals surface area contributed by atoms with Gasteiger partial charge in [0, 0.05) is 19.1 Å². The molecule has 1 aromatic rings. The van der Waals surface area contributed by atoms with Gasteiger partial charge in [0.1, 0.15) is 0 Å². The summed E-state index contributed by atoms with van der Waals surface area (Å²) in [5, 5.41) is 3.67. The molecule has 1 unspecified atom stereocenters. The molecule has 0 bridgehead atoms. The zero-order valence-corrected chi connectivity index (χ0v) is 13.6. The van der Waals surface area contributed by atoms with Crippen LogP contribution in [-0.2, 0) is 13.1 Å². The van der Waals surface area contributed by atoms with Gasteiger partial charge in [0.2, 0.25) is 0 Å². The first-order valence-electron chi connectivity index (χ1n) is 8.11. The third-order valence-electron chi connectivity index (χ3n) is 5.02. The number of nitrogens with one attached hydrogen (secondary N) is 1. The van der Waals surface area contributed by atoms with Crippen molar-refractivity contribution in [3.05, 3.63) is 35.4 Å². The van der Waals surface area contributed by atoms with Gasteiger partial charge in [0.05, 0.1) is 0 Å². The average Bonchev–Trinajstić information content (AvgIpc) is 3.22. The Morgan fingerprint density at radius 2 is 1.65 bits per heavy atom. The van der Waals surface area contributed by atoms with Crippen molar-refractivity contribution >= 4 is 0 Å². The molecule has 0 spiro atoms. The van der Waals surface area contributed by atoms with E-state index in [9.17, 15) is 0 Å². The fourth-order valence-corrected chi connectivity index (χ4v) is 2.62. The van der Waals surface area contributed by atoms with Crippen molar-refractivity contribution in [1.82, 2.24) is 10.2 Å². The van der Waals surface area contributed by atoms with E-state index in [1.165, 1.54) is 24.0 Å². The number of hydrogen-bond donors (Lipinski definition) is 1. The third kappa shape index (κ3) is 4.07. The molecule has 2 heteroatoms. The molecule has 20 heavy (non-hydrogen) atoms. The zero-order chi connectivity index (χ0) is 14.6. The maximum atomic E-state index is 3.67. The molecule has 0 amide bonds. The predicted molar refractivity (Wildman–Crippen MR) is 86.7 cm³/mol. The van der Waals surface area contributed by atoms with Crippen molar-refractivity contribution in [3.63, 3.8) is 0 Å². The minimum Gasteiger partial charge on any atom is -0.310 e. The van der Waals surface area contributed by atoms with Crippen LogP contribution in [0.25, 0.3) is 0 Å². The molecule has 112 valence electrons. The fourth-order valence-electron chi connectivity index (χ4n) is 2.62. The number of hydrogen-bond acceptors (Lipinski definition) is 2. The first kappa shape index (κ1) is 15.5. The fraction of sp³-hybridized carbons (Fsp3) is 0.667. The number of rotatable bonds is 8. The Balaban J connectivity index is 1.82. The Kier molecular flexibility index (Phi) is 5.22. The van der Waals surface area contributed by atoms with E-state index in [0.29, 0.717) is 11.5 Å². The topological polar surface area (TPSA) is 15.3 Å². The lowest BCUT2D eigenvalue weighted by atomic mass is 10.0. The summed E-state index contributed by atoms with van der Waals surface area (Å²) >= 11 is 0. The largest absolute Gasteiger partial charge is 0.310 e. The minimum atomic E-state index is 0.558. The molecule has 0 aliphatic heterocycles. The highest BCUT2D eigenvalue weighted by Gasteiger charge is 2.42. The first-order chi connectivity index (χ1) is 9.57. The summed E-state index contributed by atoms with van der Waals surface area (Å²) in [5.41, 5.74) is 3.37. The maximum absolute atomic E-state index is 3.67. The van der Waals surface area contributed by atoms with Gasteiger partial charge < -0.3 is 5.32 Å². The second kappa shape index (κ2) is 6.73. The van der Waals surface area contributed by atoms with E-state index >= 15 is 0 Å². The van der Waals surface area contributed by atoms with Crippen LogP contribution in [-0.4, -0.2) is 24.0 Å². The Hall–Kier alpha value is -0.860. The SMILES string of the molecule is CCN(CC)Cc1ccc(CNC(C)C2(C)CC2)cc1. The highest BCUT2D eigenvalue weighted by Crippen LogP contribution is 2.47. The van der Waals surface area contributed by atoms with Crippen LogP contribution in [0.3, 0.4) is 0 Å². The van der Waals surface area contributed by atoms with E-state index in [2.05, 4.69) is 62.2 Å². The number of benzene rings is 1. The van der Waals surface area contributed by atoms with E-state index in [0.717, 1.165) is 26.2 Å². The summed E-state index contributed by atoms with van der Waals surface area (Å²) in [5.74, 6) is 0. The van der Waals surface area contributed by atoms with Crippen LogP contribution < -0.4 is 5.32 Å². The smallest absolute Gasteiger partial charge is 0.0233 e. The standard InChI is InChI=1S/C18H30N2/c1-5-20(6-2)14-17-9-7-16(8-10-17)13-19-15(3)18(4)11-12-18/h7-10,15,19H,5-6,11-14H2,1-4H3. The second-order valence-electron chi connectivity index (χ2n) is 6.53. The van der Waals surface area contributed by atoms with Crippen molar-refractivity contribution < 1.29 is 0 Å². The molecule has 1 saturated carbocycles. The van der Waals surface area contributed by atoms with Gasteiger partial charge in [0.25, 0.3) is 0 Å². The van der Waals surface area contributed by atoms with Crippen molar-refractivity contribution in [3.8, 4) is 0 Å². The Labute approximate surface area is 124 Å². The van der Waals surface area contributed by atoms with Gasteiger partial charge >= 0.3 is 0 Å². The minimum absolute atomic E-state index is 0.558. The summed E-state index contributed by atoms with van der Waals surface area (Å²) in [4.78, 5) is 2.45. The molecule has 1 atom stereocenters. The van der Waals surface area contributed by atoms with Crippen molar-refractivity contribution in [1.29, 1.82) is 0 Å².